The van der Waals surface area contributed by atoms with Crippen molar-refractivity contribution in [2.24, 2.45) is 0 Å². The molecule has 2 N–H and O–H groups in total. The molecule has 1 heterocycles. The standard InChI is InChI=1S/C14H18N2O5/c17-13(21-10-11-4-2-1-3-5-11)15-8-12-9-16(14(18)19)6-7-20-12/h1-5,12H,6-10H2,(H,15,17)(H,18,19). The van der Waals surface area contributed by atoms with Crippen LogP contribution in [-0.2, 0) is 16.1 Å². The van der Waals surface area contributed by atoms with Crippen molar-refractivity contribution in [2.45, 2.75) is 12.7 Å². The molecule has 114 valence electrons. The van der Waals surface area contributed by atoms with E-state index in [9.17, 15) is 9.59 Å². The van der Waals surface area contributed by atoms with E-state index >= 15 is 0 Å². The highest BCUT2D eigenvalue weighted by Gasteiger charge is 2.24. The second-order valence-electron chi connectivity index (χ2n) is 4.66. The highest BCUT2D eigenvalue weighted by Crippen LogP contribution is 2.05. The number of amides is 2. The Morgan fingerprint density at radius 3 is 2.86 bits per heavy atom. The van der Waals surface area contributed by atoms with Gasteiger partial charge >= 0.3 is 12.2 Å². The SMILES string of the molecule is O=C(NCC1CN(C(=O)O)CCO1)OCc1ccccc1. The number of carbonyl (C=O) groups is 2. The number of morpholine rings is 1. The summed E-state index contributed by atoms with van der Waals surface area (Å²) in [6.45, 7) is 1.34. The smallest absolute Gasteiger partial charge is 0.407 e. The van der Waals surface area contributed by atoms with Gasteiger partial charge in [0.25, 0.3) is 0 Å². The molecule has 1 fully saturated rings. The normalized spacial score (nSPS) is 18.1. The summed E-state index contributed by atoms with van der Waals surface area (Å²) in [6.07, 6.45) is -1.87. The maximum absolute atomic E-state index is 11.6. The Hall–Kier alpha value is -2.28. The third-order valence-corrected chi connectivity index (χ3v) is 3.10. The first-order valence-corrected chi connectivity index (χ1v) is 6.69. The molecule has 2 amide bonds. The quantitative estimate of drug-likeness (QED) is 0.873. The first-order valence-electron chi connectivity index (χ1n) is 6.69. The fourth-order valence-corrected chi connectivity index (χ4v) is 1.99. The molecule has 2 rings (SSSR count). The zero-order valence-electron chi connectivity index (χ0n) is 11.5. The van der Waals surface area contributed by atoms with Gasteiger partial charge in [-0.2, -0.15) is 0 Å². The molecule has 0 bridgehead atoms. The molecule has 1 aromatic carbocycles. The van der Waals surface area contributed by atoms with E-state index in [0.29, 0.717) is 13.2 Å². The molecule has 21 heavy (non-hydrogen) atoms. The van der Waals surface area contributed by atoms with Crippen LogP contribution < -0.4 is 5.32 Å². The van der Waals surface area contributed by atoms with Crippen molar-refractivity contribution in [3.05, 3.63) is 35.9 Å². The first-order chi connectivity index (χ1) is 10.1. The Kier molecular flexibility index (Phi) is 5.39. The van der Waals surface area contributed by atoms with Gasteiger partial charge in [0.05, 0.1) is 19.3 Å². The largest absolute Gasteiger partial charge is 0.465 e. The number of ether oxygens (including phenoxy) is 2. The van der Waals surface area contributed by atoms with Gasteiger partial charge in [-0.3, -0.25) is 0 Å². The first kappa shape index (κ1) is 15.1. The zero-order valence-corrected chi connectivity index (χ0v) is 11.5. The molecule has 1 saturated heterocycles. The average molecular weight is 294 g/mol. The summed E-state index contributed by atoms with van der Waals surface area (Å²) in [5.74, 6) is 0. The van der Waals surface area contributed by atoms with Crippen molar-refractivity contribution < 1.29 is 24.2 Å². The van der Waals surface area contributed by atoms with E-state index in [1.165, 1.54) is 4.90 Å². The summed E-state index contributed by atoms with van der Waals surface area (Å²) in [4.78, 5) is 23.7. The predicted molar refractivity (Wildman–Crippen MR) is 74.0 cm³/mol. The number of nitrogens with zero attached hydrogens (tertiary/aromatic N) is 1. The number of hydrogen-bond acceptors (Lipinski definition) is 4. The highest BCUT2D eigenvalue weighted by molar-refractivity contribution is 5.67. The molecule has 0 aromatic heterocycles. The number of rotatable bonds is 4. The minimum Gasteiger partial charge on any atom is -0.465 e. The van der Waals surface area contributed by atoms with Crippen LogP contribution in [0.3, 0.4) is 0 Å². The molecule has 0 spiro atoms. The Morgan fingerprint density at radius 2 is 2.14 bits per heavy atom. The van der Waals surface area contributed by atoms with Crippen LogP contribution in [0.2, 0.25) is 0 Å². The van der Waals surface area contributed by atoms with Crippen molar-refractivity contribution in [1.29, 1.82) is 0 Å². The van der Waals surface area contributed by atoms with E-state index in [2.05, 4.69) is 5.32 Å². The average Bonchev–Trinajstić information content (AvgIpc) is 2.52. The van der Waals surface area contributed by atoms with Crippen molar-refractivity contribution in [3.63, 3.8) is 0 Å². The molecule has 1 aliphatic heterocycles. The lowest BCUT2D eigenvalue weighted by Gasteiger charge is -2.30. The number of alkyl carbamates (subject to hydrolysis) is 1. The number of nitrogens with one attached hydrogen (secondary N) is 1. The van der Waals surface area contributed by atoms with E-state index in [-0.39, 0.29) is 25.8 Å². The van der Waals surface area contributed by atoms with E-state index in [1.54, 1.807) is 0 Å². The van der Waals surface area contributed by atoms with Crippen LogP contribution in [-0.4, -0.2) is 54.5 Å². The van der Waals surface area contributed by atoms with Gasteiger partial charge in [0.1, 0.15) is 6.61 Å². The summed E-state index contributed by atoms with van der Waals surface area (Å²) in [7, 11) is 0. The Bertz CT molecular complexity index is 480. The maximum Gasteiger partial charge on any atom is 0.407 e. The topological polar surface area (TPSA) is 88.1 Å². The molecular weight excluding hydrogens is 276 g/mol. The molecule has 1 unspecified atom stereocenters. The van der Waals surface area contributed by atoms with Crippen molar-refractivity contribution in [2.75, 3.05) is 26.2 Å². The van der Waals surface area contributed by atoms with Crippen LogP contribution in [0.15, 0.2) is 30.3 Å². The van der Waals surface area contributed by atoms with Gasteiger partial charge < -0.3 is 24.8 Å². The molecule has 0 radical (unpaired) electrons. The third-order valence-electron chi connectivity index (χ3n) is 3.10. The monoisotopic (exact) mass is 294 g/mol. The lowest BCUT2D eigenvalue weighted by molar-refractivity contribution is -0.0205. The second kappa shape index (κ2) is 7.49. The van der Waals surface area contributed by atoms with Crippen LogP contribution in [0.1, 0.15) is 5.56 Å². The summed E-state index contributed by atoms with van der Waals surface area (Å²) >= 11 is 0. The molecular formula is C14H18N2O5. The van der Waals surface area contributed by atoms with Crippen molar-refractivity contribution >= 4 is 12.2 Å². The lowest BCUT2D eigenvalue weighted by atomic mass is 10.2. The minimum absolute atomic E-state index is 0.194. The summed E-state index contributed by atoms with van der Waals surface area (Å²) in [6, 6.07) is 9.35. The van der Waals surface area contributed by atoms with Crippen LogP contribution in [0.5, 0.6) is 0 Å². The third kappa shape index (κ3) is 4.96. The highest BCUT2D eigenvalue weighted by atomic mass is 16.5. The summed E-state index contributed by atoms with van der Waals surface area (Å²) < 4.78 is 10.5. The van der Waals surface area contributed by atoms with E-state index < -0.39 is 12.2 Å². The summed E-state index contributed by atoms with van der Waals surface area (Å²) in [5, 5.41) is 11.5. The van der Waals surface area contributed by atoms with Gasteiger partial charge in [0, 0.05) is 13.1 Å². The molecule has 7 heteroatoms. The Balaban J connectivity index is 1.68. The van der Waals surface area contributed by atoms with Gasteiger partial charge in [-0.25, -0.2) is 9.59 Å². The lowest BCUT2D eigenvalue weighted by Crippen LogP contribution is -2.49. The molecule has 1 aromatic rings. The Labute approximate surface area is 122 Å². The van der Waals surface area contributed by atoms with E-state index in [4.69, 9.17) is 14.6 Å². The minimum atomic E-state index is -0.977. The van der Waals surface area contributed by atoms with Crippen molar-refractivity contribution in [3.8, 4) is 0 Å². The molecule has 0 aliphatic carbocycles. The Morgan fingerprint density at radius 1 is 1.38 bits per heavy atom. The molecule has 0 saturated carbocycles. The van der Waals surface area contributed by atoms with Gasteiger partial charge in [-0.15, -0.1) is 0 Å². The fourth-order valence-electron chi connectivity index (χ4n) is 1.99. The van der Waals surface area contributed by atoms with Crippen LogP contribution in [0, 0.1) is 0 Å². The number of carbonyl (C=O) groups excluding carboxylic acids is 1. The van der Waals surface area contributed by atoms with Crippen LogP contribution in [0.4, 0.5) is 9.59 Å². The van der Waals surface area contributed by atoms with Crippen molar-refractivity contribution in [1.82, 2.24) is 10.2 Å². The number of benzene rings is 1. The van der Waals surface area contributed by atoms with Gasteiger partial charge in [0.15, 0.2) is 0 Å². The van der Waals surface area contributed by atoms with Gasteiger partial charge in [-0.1, -0.05) is 30.3 Å². The van der Waals surface area contributed by atoms with E-state index in [1.807, 2.05) is 30.3 Å². The molecule has 1 aliphatic rings. The summed E-state index contributed by atoms with van der Waals surface area (Å²) in [5.41, 5.74) is 0.901. The zero-order chi connectivity index (χ0) is 15.1. The molecule has 7 nitrogen and oxygen atoms in total. The number of hydrogen-bond donors (Lipinski definition) is 2. The predicted octanol–water partition coefficient (Wildman–Crippen LogP) is 1.29. The number of carboxylic acid groups (broad SMARTS) is 1. The fraction of sp³-hybridized carbons (Fsp3) is 0.429. The van der Waals surface area contributed by atoms with Gasteiger partial charge in [-0.05, 0) is 5.56 Å². The molecule has 1 atom stereocenters. The van der Waals surface area contributed by atoms with E-state index in [0.717, 1.165) is 5.56 Å². The van der Waals surface area contributed by atoms with Gasteiger partial charge in [0.2, 0.25) is 0 Å². The second-order valence-corrected chi connectivity index (χ2v) is 4.66. The van der Waals surface area contributed by atoms with Crippen LogP contribution in [0.25, 0.3) is 0 Å². The maximum atomic E-state index is 11.6. The van der Waals surface area contributed by atoms with Crippen LogP contribution >= 0.6 is 0 Å².